The number of hydrogen-bond acceptors (Lipinski definition) is 5. The Kier molecular flexibility index (Phi) is 5.94. The molecule has 0 radical (unpaired) electrons. The number of amides is 1. The van der Waals surface area contributed by atoms with Crippen molar-refractivity contribution in [3.8, 4) is 0 Å². The second-order valence-electron chi connectivity index (χ2n) is 8.05. The maximum Gasteiger partial charge on any atom is 0.277 e. The summed E-state index contributed by atoms with van der Waals surface area (Å²) in [5, 5.41) is 0. The summed E-state index contributed by atoms with van der Waals surface area (Å²) < 4.78 is 0. The van der Waals surface area contributed by atoms with Crippen LogP contribution >= 0.6 is 0 Å². The van der Waals surface area contributed by atoms with Crippen molar-refractivity contribution >= 4 is 17.5 Å². The number of rotatable bonds is 4. The molecule has 0 unspecified atom stereocenters. The fourth-order valence-corrected chi connectivity index (χ4v) is 4.25. The lowest BCUT2D eigenvalue weighted by molar-refractivity contribution is -0.892. The first-order chi connectivity index (χ1) is 14.1. The summed E-state index contributed by atoms with van der Waals surface area (Å²) in [6, 6.07) is 8.31. The summed E-state index contributed by atoms with van der Waals surface area (Å²) in [7, 11) is 0. The summed E-state index contributed by atoms with van der Waals surface area (Å²) in [6.45, 7) is 12.1. The molecule has 1 N–H and O–H groups in total. The van der Waals surface area contributed by atoms with E-state index < -0.39 is 0 Å². The number of anilines is 2. The minimum absolute atomic E-state index is 0.282. The van der Waals surface area contributed by atoms with Crippen LogP contribution in [0.25, 0.3) is 0 Å². The lowest BCUT2D eigenvalue weighted by Gasteiger charge is -2.38. The smallest absolute Gasteiger partial charge is 0.277 e. The Morgan fingerprint density at radius 3 is 2.31 bits per heavy atom. The number of carbonyl (C=O) groups is 1. The molecule has 29 heavy (non-hydrogen) atoms. The van der Waals surface area contributed by atoms with E-state index in [0.29, 0.717) is 6.54 Å². The van der Waals surface area contributed by atoms with Crippen molar-refractivity contribution in [1.29, 1.82) is 0 Å². The van der Waals surface area contributed by atoms with E-state index in [9.17, 15) is 4.79 Å². The molecule has 0 saturated carbocycles. The summed E-state index contributed by atoms with van der Waals surface area (Å²) >= 11 is 0. The van der Waals surface area contributed by atoms with Crippen LogP contribution in [0.3, 0.4) is 0 Å². The van der Waals surface area contributed by atoms with Crippen LogP contribution in [-0.2, 0) is 4.79 Å². The minimum atomic E-state index is 0.282. The molecule has 1 amide bonds. The quantitative estimate of drug-likeness (QED) is 0.799. The van der Waals surface area contributed by atoms with Crippen molar-refractivity contribution in [2.45, 2.75) is 13.8 Å². The number of hydrogen-bond donors (Lipinski definition) is 1. The van der Waals surface area contributed by atoms with Crippen molar-refractivity contribution in [1.82, 2.24) is 14.9 Å². The highest BCUT2D eigenvalue weighted by Gasteiger charge is 2.28. The Hall–Kier alpha value is -2.67. The summed E-state index contributed by atoms with van der Waals surface area (Å²) in [6.07, 6.45) is 3.56. The van der Waals surface area contributed by atoms with Gasteiger partial charge in [-0.15, -0.1) is 0 Å². The van der Waals surface area contributed by atoms with Crippen molar-refractivity contribution in [3.05, 3.63) is 47.8 Å². The molecular weight excluding hydrogens is 364 g/mol. The Morgan fingerprint density at radius 2 is 1.62 bits per heavy atom. The zero-order chi connectivity index (χ0) is 20.2. The van der Waals surface area contributed by atoms with Gasteiger partial charge in [-0.25, -0.2) is 9.97 Å². The second-order valence-corrected chi connectivity index (χ2v) is 8.05. The third-order valence-corrected chi connectivity index (χ3v) is 6.26. The number of aryl methyl sites for hydroxylation is 1. The van der Waals surface area contributed by atoms with Crippen molar-refractivity contribution < 1.29 is 9.69 Å². The highest BCUT2D eigenvalue weighted by Crippen LogP contribution is 2.23. The topological polar surface area (TPSA) is 57.0 Å². The normalized spacial score (nSPS) is 18.2. The van der Waals surface area contributed by atoms with Gasteiger partial charge in [-0.3, -0.25) is 4.79 Å². The molecule has 0 atom stereocenters. The molecule has 0 aliphatic carbocycles. The van der Waals surface area contributed by atoms with Gasteiger partial charge in [-0.05, 0) is 37.1 Å². The van der Waals surface area contributed by atoms with Crippen LogP contribution in [0, 0.1) is 13.8 Å². The van der Waals surface area contributed by atoms with Gasteiger partial charge in [0.05, 0.1) is 26.2 Å². The van der Waals surface area contributed by atoms with E-state index in [1.165, 1.54) is 21.7 Å². The molecule has 154 valence electrons. The SMILES string of the molecule is Cc1cccc(N2CCN(C(=O)C[NH+]3CCN(c4ncccn4)CC3)CC2)c1C. The molecule has 1 aromatic heterocycles. The molecule has 2 aliphatic rings. The van der Waals surface area contributed by atoms with Gasteiger partial charge in [0.25, 0.3) is 5.91 Å². The van der Waals surface area contributed by atoms with E-state index in [1.807, 2.05) is 11.0 Å². The predicted molar refractivity (Wildman–Crippen MR) is 115 cm³/mol. The molecule has 2 saturated heterocycles. The standard InChI is InChI=1S/C22H30N6O/c1-18-5-3-6-20(19(18)2)26-13-15-27(16-14-26)21(29)17-25-9-11-28(12-10-25)22-23-7-4-8-24-22/h3-8H,9-17H2,1-2H3/p+1. The van der Waals surface area contributed by atoms with Gasteiger partial charge < -0.3 is 19.6 Å². The van der Waals surface area contributed by atoms with Gasteiger partial charge in [0.1, 0.15) is 0 Å². The molecule has 0 bridgehead atoms. The second kappa shape index (κ2) is 8.78. The number of aromatic nitrogens is 2. The molecule has 2 fully saturated rings. The van der Waals surface area contributed by atoms with Gasteiger partial charge in [0.2, 0.25) is 5.95 Å². The van der Waals surface area contributed by atoms with E-state index >= 15 is 0 Å². The lowest BCUT2D eigenvalue weighted by atomic mass is 10.1. The van der Waals surface area contributed by atoms with Gasteiger partial charge in [0.15, 0.2) is 6.54 Å². The van der Waals surface area contributed by atoms with Gasteiger partial charge in [-0.2, -0.15) is 0 Å². The largest absolute Gasteiger partial charge is 0.368 e. The third-order valence-electron chi connectivity index (χ3n) is 6.26. The summed E-state index contributed by atoms with van der Waals surface area (Å²) in [4.78, 5) is 29.5. The molecule has 2 aromatic rings. The van der Waals surface area contributed by atoms with Crippen LogP contribution in [0.15, 0.2) is 36.7 Å². The molecular formula is C22H31N6O+. The first-order valence-corrected chi connectivity index (χ1v) is 10.6. The Bertz CT molecular complexity index is 826. The average molecular weight is 396 g/mol. The van der Waals surface area contributed by atoms with Gasteiger partial charge >= 0.3 is 0 Å². The lowest BCUT2D eigenvalue weighted by Crippen LogP contribution is -3.16. The molecule has 0 spiro atoms. The van der Waals surface area contributed by atoms with E-state index in [0.717, 1.165) is 58.3 Å². The zero-order valence-electron chi connectivity index (χ0n) is 17.5. The Balaban J connectivity index is 1.25. The van der Waals surface area contributed by atoms with E-state index in [2.05, 4.69) is 51.8 Å². The van der Waals surface area contributed by atoms with Crippen LogP contribution in [0.2, 0.25) is 0 Å². The highest BCUT2D eigenvalue weighted by molar-refractivity contribution is 5.77. The van der Waals surface area contributed by atoms with Gasteiger partial charge in [0, 0.05) is 44.3 Å². The average Bonchev–Trinajstić information content (AvgIpc) is 2.77. The fraction of sp³-hybridized carbons (Fsp3) is 0.500. The first kappa shape index (κ1) is 19.6. The number of benzene rings is 1. The monoisotopic (exact) mass is 395 g/mol. The Labute approximate surface area is 172 Å². The van der Waals surface area contributed by atoms with Crippen molar-refractivity contribution in [2.75, 3.05) is 68.7 Å². The van der Waals surface area contributed by atoms with Crippen LogP contribution in [0.5, 0.6) is 0 Å². The van der Waals surface area contributed by atoms with Crippen LogP contribution in [-0.4, -0.2) is 79.7 Å². The summed E-state index contributed by atoms with van der Waals surface area (Å²) in [5.74, 6) is 1.07. The number of quaternary nitrogens is 1. The maximum absolute atomic E-state index is 12.8. The zero-order valence-corrected chi connectivity index (χ0v) is 17.5. The summed E-state index contributed by atoms with van der Waals surface area (Å²) in [5.41, 5.74) is 3.98. The molecule has 2 aliphatic heterocycles. The first-order valence-electron chi connectivity index (χ1n) is 10.6. The van der Waals surface area contributed by atoms with Gasteiger partial charge in [-0.1, -0.05) is 12.1 Å². The Morgan fingerprint density at radius 1 is 0.931 bits per heavy atom. The predicted octanol–water partition coefficient (Wildman–Crippen LogP) is 0.147. The highest BCUT2D eigenvalue weighted by atomic mass is 16.2. The molecule has 7 nitrogen and oxygen atoms in total. The minimum Gasteiger partial charge on any atom is -0.368 e. The van der Waals surface area contributed by atoms with E-state index in [-0.39, 0.29) is 5.91 Å². The third kappa shape index (κ3) is 4.50. The van der Waals surface area contributed by atoms with E-state index in [4.69, 9.17) is 0 Å². The molecule has 4 rings (SSSR count). The van der Waals surface area contributed by atoms with Crippen molar-refractivity contribution in [2.24, 2.45) is 0 Å². The number of carbonyl (C=O) groups excluding carboxylic acids is 1. The maximum atomic E-state index is 12.8. The van der Waals surface area contributed by atoms with E-state index in [1.54, 1.807) is 12.4 Å². The van der Waals surface area contributed by atoms with Crippen LogP contribution < -0.4 is 14.7 Å². The fourth-order valence-electron chi connectivity index (χ4n) is 4.25. The van der Waals surface area contributed by atoms with Crippen LogP contribution in [0.1, 0.15) is 11.1 Å². The molecule has 7 heteroatoms. The number of nitrogens with one attached hydrogen (secondary N) is 1. The molecule has 3 heterocycles. The number of nitrogens with zero attached hydrogens (tertiary/aromatic N) is 5. The van der Waals surface area contributed by atoms with Crippen molar-refractivity contribution in [3.63, 3.8) is 0 Å². The number of piperazine rings is 2. The van der Waals surface area contributed by atoms with Crippen LogP contribution in [0.4, 0.5) is 11.6 Å². The molecule has 1 aromatic carbocycles.